The van der Waals surface area contributed by atoms with Crippen LogP contribution >= 0.6 is 0 Å². The summed E-state index contributed by atoms with van der Waals surface area (Å²) in [6.07, 6.45) is 1.14. The minimum absolute atomic E-state index is 0.0744. The maximum absolute atomic E-state index is 12.0. The summed E-state index contributed by atoms with van der Waals surface area (Å²) >= 11 is 0. The number of carbonyl (C=O) groups is 2. The van der Waals surface area contributed by atoms with Gasteiger partial charge >= 0.3 is 5.97 Å². The monoisotopic (exact) mass is 349 g/mol. The van der Waals surface area contributed by atoms with Crippen LogP contribution in [-0.4, -0.2) is 31.2 Å². The molecule has 0 aliphatic heterocycles. The fourth-order valence-electron chi connectivity index (χ4n) is 2.28. The van der Waals surface area contributed by atoms with Crippen LogP contribution in [0.3, 0.4) is 0 Å². The zero-order valence-corrected chi connectivity index (χ0v) is 16.1. The number of benzene rings is 1. The van der Waals surface area contributed by atoms with Gasteiger partial charge in [0.25, 0.3) is 0 Å². The second-order valence-corrected chi connectivity index (χ2v) is 6.78. The number of esters is 1. The first-order chi connectivity index (χ1) is 11.8. The number of aryl methyl sites for hydroxylation is 2. The zero-order chi connectivity index (χ0) is 18.8. The number of para-hydroxylation sites is 1. The van der Waals surface area contributed by atoms with Crippen LogP contribution in [0.2, 0.25) is 0 Å². The fourth-order valence-corrected chi connectivity index (χ4v) is 2.28. The van der Waals surface area contributed by atoms with E-state index < -0.39 is 6.10 Å². The van der Waals surface area contributed by atoms with Gasteiger partial charge in [-0.25, -0.2) is 4.79 Å². The Labute approximate surface area is 151 Å². The fraction of sp³-hybridized carbons (Fsp3) is 0.600. The molecule has 0 saturated carbocycles. The Balaban J connectivity index is 2.24. The number of hydrogen-bond donors (Lipinski definition) is 1. The maximum Gasteiger partial charge on any atom is 0.334 e. The van der Waals surface area contributed by atoms with E-state index in [-0.39, 0.29) is 18.5 Å². The van der Waals surface area contributed by atoms with Gasteiger partial charge in [-0.3, -0.25) is 4.79 Å². The highest BCUT2D eigenvalue weighted by Gasteiger charge is 2.15. The van der Waals surface area contributed by atoms with Crippen LogP contribution < -0.4 is 5.32 Å². The lowest BCUT2D eigenvalue weighted by molar-refractivity contribution is -0.156. The van der Waals surface area contributed by atoms with Crippen molar-refractivity contribution in [2.75, 3.05) is 18.5 Å². The third-order valence-electron chi connectivity index (χ3n) is 3.93. The Hall–Kier alpha value is -1.88. The van der Waals surface area contributed by atoms with E-state index in [4.69, 9.17) is 9.47 Å². The lowest BCUT2D eigenvalue weighted by Gasteiger charge is -2.14. The van der Waals surface area contributed by atoms with Gasteiger partial charge in [0.2, 0.25) is 5.91 Å². The lowest BCUT2D eigenvalue weighted by Crippen LogP contribution is -2.25. The molecule has 1 aromatic carbocycles. The molecule has 5 heteroatoms. The number of ether oxygens (including phenoxy) is 2. The highest BCUT2D eigenvalue weighted by Crippen LogP contribution is 2.19. The topological polar surface area (TPSA) is 64.6 Å². The Bertz CT molecular complexity index is 549. The van der Waals surface area contributed by atoms with Crippen molar-refractivity contribution in [2.24, 2.45) is 5.92 Å². The normalized spacial score (nSPS) is 12.1. The molecule has 0 bridgehead atoms. The van der Waals surface area contributed by atoms with Gasteiger partial charge in [0.05, 0.1) is 6.61 Å². The summed E-state index contributed by atoms with van der Waals surface area (Å²) in [5, 5.41) is 2.92. The van der Waals surface area contributed by atoms with E-state index >= 15 is 0 Å². The Morgan fingerprint density at radius 2 is 1.72 bits per heavy atom. The third kappa shape index (κ3) is 8.16. The Morgan fingerprint density at radius 1 is 1.08 bits per heavy atom. The molecular weight excluding hydrogens is 318 g/mol. The number of amides is 1. The summed E-state index contributed by atoms with van der Waals surface area (Å²) in [5.74, 6) is 0.0900. The first-order valence-electron chi connectivity index (χ1n) is 8.95. The van der Waals surface area contributed by atoms with Crippen LogP contribution in [0.15, 0.2) is 18.2 Å². The molecule has 0 radical (unpaired) electrons. The minimum Gasteiger partial charge on any atom is -0.464 e. The second-order valence-electron chi connectivity index (χ2n) is 6.78. The molecule has 0 spiro atoms. The van der Waals surface area contributed by atoms with Crippen LogP contribution in [0.5, 0.6) is 0 Å². The average Bonchev–Trinajstić information content (AvgIpc) is 2.54. The molecule has 5 nitrogen and oxygen atoms in total. The molecule has 25 heavy (non-hydrogen) atoms. The molecule has 140 valence electrons. The number of rotatable bonds is 10. The molecule has 0 heterocycles. The van der Waals surface area contributed by atoms with Gasteiger partial charge in [-0.2, -0.15) is 0 Å². The molecule has 1 rings (SSSR count). The van der Waals surface area contributed by atoms with Crippen LogP contribution in [0.4, 0.5) is 5.69 Å². The van der Waals surface area contributed by atoms with Gasteiger partial charge in [-0.1, -0.05) is 32.0 Å². The van der Waals surface area contributed by atoms with E-state index in [0.717, 1.165) is 23.2 Å². The summed E-state index contributed by atoms with van der Waals surface area (Å²) in [6.45, 7) is 10.6. The van der Waals surface area contributed by atoms with Gasteiger partial charge in [0, 0.05) is 18.7 Å². The van der Waals surface area contributed by atoms with Crippen LogP contribution in [-0.2, 0) is 19.1 Å². The van der Waals surface area contributed by atoms with Crippen molar-refractivity contribution in [3.63, 3.8) is 0 Å². The van der Waals surface area contributed by atoms with E-state index in [1.807, 2.05) is 32.0 Å². The van der Waals surface area contributed by atoms with E-state index in [0.29, 0.717) is 25.4 Å². The van der Waals surface area contributed by atoms with E-state index in [9.17, 15) is 9.59 Å². The molecule has 1 amide bonds. The largest absolute Gasteiger partial charge is 0.464 e. The molecule has 0 fully saturated rings. The van der Waals surface area contributed by atoms with E-state index in [1.54, 1.807) is 6.92 Å². The number of hydrogen-bond acceptors (Lipinski definition) is 4. The van der Waals surface area contributed by atoms with Gasteiger partial charge in [0.1, 0.15) is 0 Å². The van der Waals surface area contributed by atoms with Crippen molar-refractivity contribution in [2.45, 2.75) is 60.0 Å². The molecule has 1 N–H and O–H groups in total. The summed E-state index contributed by atoms with van der Waals surface area (Å²) in [6, 6.07) is 5.89. The average molecular weight is 349 g/mol. The highest BCUT2D eigenvalue weighted by molar-refractivity contribution is 5.92. The SMILES string of the molecule is Cc1cccc(C)c1NC(=O)CCCOC(=O)C(C)OCCC(C)C. The van der Waals surface area contributed by atoms with Crippen molar-refractivity contribution in [3.05, 3.63) is 29.3 Å². The van der Waals surface area contributed by atoms with Crippen LogP contribution in [0, 0.1) is 19.8 Å². The van der Waals surface area contributed by atoms with E-state index in [2.05, 4.69) is 19.2 Å². The number of anilines is 1. The molecule has 1 atom stereocenters. The van der Waals surface area contributed by atoms with Crippen molar-refractivity contribution in [1.82, 2.24) is 0 Å². The van der Waals surface area contributed by atoms with Crippen LogP contribution in [0.25, 0.3) is 0 Å². The van der Waals surface area contributed by atoms with Crippen molar-refractivity contribution >= 4 is 17.6 Å². The number of nitrogens with one attached hydrogen (secondary N) is 1. The molecular formula is C20H31NO4. The quantitative estimate of drug-likeness (QED) is 0.512. The predicted molar refractivity (Wildman–Crippen MR) is 99.6 cm³/mol. The first kappa shape index (κ1) is 21.2. The van der Waals surface area contributed by atoms with Gasteiger partial charge in [-0.05, 0) is 50.7 Å². The van der Waals surface area contributed by atoms with Crippen molar-refractivity contribution in [3.8, 4) is 0 Å². The Morgan fingerprint density at radius 3 is 2.32 bits per heavy atom. The summed E-state index contributed by atoms with van der Waals surface area (Å²) in [4.78, 5) is 23.8. The predicted octanol–water partition coefficient (Wildman–Crippen LogP) is 4.02. The summed E-state index contributed by atoms with van der Waals surface area (Å²) in [5.41, 5.74) is 2.93. The van der Waals surface area contributed by atoms with Gasteiger partial charge in [-0.15, -0.1) is 0 Å². The minimum atomic E-state index is -0.567. The third-order valence-corrected chi connectivity index (χ3v) is 3.93. The molecule has 0 aliphatic rings. The van der Waals surface area contributed by atoms with Crippen molar-refractivity contribution in [1.29, 1.82) is 0 Å². The number of carbonyl (C=O) groups excluding carboxylic acids is 2. The van der Waals surface area contributed by atoms with Crippen molar-refractivity contribution < 1.29 is 19.1 Å². The standard InChI is InChI=1S/C20H31NO4/c1-14(2)11-13-24-17(5)20(23)25-12-7-10-18(22)21-19-15(3)8-6-9-16(19)4/h6,8-9,14,17H,7,10-13H2,1-5H3,(H,21,22). The molecule has 1 unspecified atom stereocenters. The first-order valence-corrected chi connectivity index (χ1v) is 8.95. The zero-order valence-electron chi connectivity index (χ0n) is 16.1. The smallest absolute Gasteiger partial charge is 0.334 e. The maximum atomic E-state index is 12.0. The van der Waals surface area contributed by atoms with Gasteiger partial charge in [0.15, 0.2) is 6.10 Å². The van der Waals surface area contributed by atoms with Crippen LogP contribution in [0.1, 0.15) is 51.2 Å². The van der Waals surface area contributed by atoms with Gasteiger partial charge < -0.3 is 14.8 Å². The molecule has 1 aromatic rings. The Kier molecular flexibility index (Phi) is 9.21. The molecule has 0 saturated heterocycles. The second kappa shape index (κ2) is 10.9. The van der Waals surface area contributed by atoms with E-state index in [1.165, 1.54) is 0 Å². The molecule has 0 aromatic heterocycles. The summed E-state index contributed by atoms with van der Waals surface area (Å²) in [7, 11) is 0. The summed E-state index contributed by atoms with van der Waals surface area (Å²) < 4.78 is 10.6. The molecule has 0 aliphatic carbocycles. The lowest BCUT2D eigenvalue weighted by atomic mass is 10.1. The highest BCUT2D eigenvalue weighted by atomic mass is 16.6.